The summed E-state index contributed by atoms with van der Waals surface area (Å²) in [5, 5.41) is 3.05. The van der Waals surface area contributed by atoms with Crippen molar-refractivity contribution in [1.82, 2.24) is 4.98 Å². The van der Waals surface area contributed by atoms with E-state index in [9.17, 15) is 4.79 Å². The van der Waals surface area contributed by atoms with Crippen molar-refractivity contribution in [2.75, 3.05) is 30.4 Å². The number of esters is 1. The predicted octanol–water partition coefficient (Wildman–Crippen LogP) is 1.66. The Bertz CT molecular complexity index is 399. The Labute approximate surface area is 107 Å². The second-order valence-electron chi connectivity index (χ2n) is 4.49. The van der Waals surface area contributed by atoms with Crippen LogP contribution in [0.15, 0.2) is 18.3 Å². The maximum absolute atomic E-state index is 11.3. The van der Waals surface area contributed by atoms with Crippen molar-refractivity contribution in [2.24, 2.45) is 0 Å². The summed E-state index contributed by atoms with van der Waals surface area (Å²) in [4.78, 5) is 18.0. The topological polar surface area (TPSA) is 54.5 Å². The van der Waals surface area contributed by atoms with Crippen LogP contribution >= 0.6 is 0 Å². The van der Waals surface area contributed by atoms with Gasteiger partial charge in [0.15, 0.2) is 0 Å². The van der Waals surface area contributed by atoms with Gasteiger partial charge in [-0.2, -0.15) is 0 Å². The third kappa shape index (κ3) is 2.91. The molecule has 1 atom stereocenters. The van der Waals surface area contributed by atoms with Gasteiger partial charge >= 0.3 is 5.97 Å². The van der Waals surface area contributed by atoms with Crippen molar-refractivity contribution in [2.45, 2.75) is 25.8 Å². The van der Waals surface area contributed by atoms with Crippen molar-refractivity contribution in [3.8, 4) is 0 Å². The third-order valence-electron chi connectivity index (χ3n) is 3.12. The SMILES string of the molecule is COC(=O)C(C)Nc1ccc(N2CCCC2)nc1. The van der Waals surface area contributed by atoms with Crippen LogP contribution in [0.4, 0.5) is 11.5 Å². The molecule has 2 heterocycles. The zero-order valence-electron chi connectivity index (χ0n) is 10.8. The van der Waals surface area contributed by atoms with E-state index in [2.05, 4.69) is 19.9 Å². The second-order valence-corrected chi connectivity index (χ2v) is 4.49. The third-order valence-corrected chi connectivity index (χ3v) is 3.12. The number of nitrogens with one attached hydrogen (secondary N) is 1. The Morgan fingerprint density at radius 1 is 1.44 bits per heavy atom. The van der Waals surface area contributed by atoms with E-state index in [0.717, 1.165) is 24.6 Å². The van der Waals surface area contributed by atoms with Gasteiger partial charge in [-0.15, -0.1) is 0 Å². The zero-order chi connectivity index (χ0) is 13.0. The Balaban J connectivity index is 1.97. The summed E-state index contributed by atoms with van der Waals surface area (Å²) < 4.78 is 4.66. The fourth-order valence-electron chi connectivity index (χ4n) is 2.09. The van der Waals surface area contributed by atoms with Crippen molar-refractivity contribution in [3.63, 3.8) is 0 Å². The van der Waals surface area contributed by atoms with Crippen molar-refractivity contribution in [3.05, 3.63) is 18.3 Å². The Kier molecular flexibility index (Phi) is 4.02. The molecule has 0 bridgehead atoms. The first-order valence-electron chi connectivity index (χ1n) is 6.26. The number of carbonyl (C=O) groups is 1. The highest BCUT2D eigenvalue weighted by Crippen LogP contribution is 2.19. The van der Waals surface area contributed by atoms with E-state index in [1.807, 2.05) is 12.1 Å². The molecule has 18 heavy (non-hydrogen) atoms. The fourth-order valence-corrected chi connectivity index (χ4v) is 2.09. The van der Waals surface area contributed by atoms with Crippen molar-refractivity contribution >= 4 is 17.5 Å². The molecule has 5 heteroatoms. The maximum atomic E-state index is 11.3. The molecule has 98 valence electrons. The molecule has 1 N–H and O–H groups in total. The van der Waals surface area contributed by atoms with Crippen LogP contribution < -0.4 is 10.2 Å². The highest BCUT2D eigenvalue weighted by Gasteiger charge is 2.15. The fraction of sp³-hybridized carbons (Fsp3) is 0.538. The van der Waals surface area contributed by atoms with Crippen LogP contribution in [0.1, 0.15) is 19.8 Å². The minimum atomic E-state index is -0.366. The maximum Gasteiger partial charge on any atom is 0.327 e. The van der Waals surface area contributed by atoms with Crippen LogP contribution in [0.2, 0.25) is 0 Å². The quantitative estimate of drug-likeness (QED) is 0.822. The van der Waals surface area contributed by atoms with Gasteiger partial charge in [-0.3, -0.25) is 0 Å². The van der Waals surface area contributed by atoms with Gasteiger partial charge in [0.25, 0.3) is 0 Å². The molecule has 0 saturated carbocycles. The van der Waals surface area contributed by atoms with Gasteiger partial charge < -0.3 is 15.0 Å². The summed E-state index contributed by atoms with van der Waals surface area (Å²) in [7, 11) is 1.38. The second kappa shape index (κ2) is 5.71. The van der Waals surface area contributed by atoms with E-state index in [-0.39, 0.29) is 12.0 Å². The van der Waals surface area contributed by atoms with Gasteiger partial charge in [0, 0.05) is 13.1 Å². The van der Waals surface area contributed by atoms with Crippen LogP contribution in [0.25, 0.3) is 0 Å². The molecule has 1 aromatic rings. The highest BCUT2D eigenvalue weighted by atomic mass is 16.5. The molecule has 0 aromatic carbocycles. The largest absolute Gasteiger partial charge is 0.467 e. The monoisotopic (exact) mass is 249 g/mol. The van der Waals surface area contributed by atoms with Crippen molar-refractivity contribution < 1.29 is 9.53 Å². The van der Waals surface area contributed by atoms with E-state index in [0.29, 0.717) is 0 Å². The number of hydrogen-bond acceptors (Lipinski definition) is 5. The minimum absolute atomic E-state index is 0.279. The standard InChI is InChI=1S/C13H19N3O2/c1-10(13(17)18-2)15-11-5-6-12(14-9-11)16-7-3-4-8-16/h5-6,9-10,15H,3-4,7-8H2,1-2H3. The average molecular weight is 249 g/mol. The normalized spacial score (nSPS) is 16.4. The molecule has 0 amide bonds. The number of methoxy groups -OCH3 is 1. The van der Waals surface area contributed by atoms with Crippen LogP contribution in [-0.4, -0.2) is 37.2 Å². The Morgan fingerprint density at radius 2 is 2.17 bits per heavy atom. The summed E-state index contributed by atoms with van der Waals surface area (Å²) in [6.07, 6.45) is 4.23. The number of rotatable bonds is 4. The first-order valence-corrected chi connectivity index (χ1v) is 6.26. The molecular weight excluding hydrogens is 230 g/mol. The van der Waals surface area contributed by atoms with Crippen LogP contribution in [-0.2, 0) is 9.53 Å². The first-order chi connectivity index (χ1) is 8.70. The van der Waals surface area contributed by atoms with E-state index < -0.39 is 0 Å². The van der Waals surface area contributed by atoms with Gasteiger partial charge in [-0.1, -0.05) is 0 Å². The number of pyridine rings is 1. The molecule has 1 saturated heterocycles. The minimum Gasteiger partial charge on any atom is -0.467 e. The van der Waals surface area contributed by atoms with Gasteiger partial charge in [0.1, 0.15) is 11.9 Å². The Hall–Kier alpha value is -1.78. The molecule has 1 unspecified atom stereocenters. The average Bonchev–Trinajstić information content (AvgIpc) is 2.92. The summed E-state index contributed by atoms with van der Waals surface area (Å²) in [6, 6.07) is 3.56. The van der Waals surface area contributed by atoms with E-state index >= 15 is 0 Å². The number of carbonyl (C=O) groups excluding carboxylic acids is 1. The van der Waals surface area contributed by atoms with Crippen molar-refractivity contribution in [1.29, 1.82) is 0 Å². The summed E-state index contributed by atoms with van der Waals surface area (Å²) in [6.45, 7) is 3.93. The molecule has 0 radical (unpaired) electrons. The lowest BCUT2D eigenvalue weighted by molar-refractivity contribution is -0.141. The molecule has 0 aliphatic carbocycles. The van der Waals surface area contributed by atoms with Gasteiger partial charge in [-0.05, 0) is 31.9 Å². The Morgan fingerprint density at radius 3 is 2.72 bits per heavy atom. The lowest BCUT2D eigenvalue weighted by atomic mass is 10.3. The number of ether oxygens (including phenoxy) is 1. The summed E-state index contributed by atoms with van der Waals surface area (Å²) in [5.74, 6) is 0.724. The van der Waals surface area contributed by atoms with E-state index in [4.69, 9.17) is 0 Å². The molecule has 1 aliphatic heterocycles. The summed E-state index contributed by atoms with van der Waals surface area (Å²) in [5.41, 5.74) is 0.829. The lowest BCUT2D eigenvalue weighted by Crippen LogP contribution is -2.27. The molecule has 1 aromatic heterocycles. The van der Waals surface area contributed by atoms with Gasteiger partial charge in [0.2, 0.25) is 0 Å². The predicted molar refractivity (Wildman–Crippen MR) is 70.8 cm³/mol. The van der Waals surface area contributed by atoms with E-state index in [1.54, 1.807) is 13.1 Å². The van der Waals surface area contributed by atoms with Crippen LogP contribution in [0.3, 0.4) is 0 Å². The molecular formula is C13H19N3O2. The highest BCUT2D eigenvalue weighted by molar-refractivity contribution is 5.78. The number of nitrogens with zero attached hydrogens (tertiary/aromatic N) is 2. The van der Waals surface area contributed by atoms with E-state index in [1.165, 1.54) is 20.0 Å². The van der Waals surface area contributed by atoms with Gasteiger partial charge in [-0.25, -0.2) is 9.78 Å². The van der Waals surface area contributed by atoms with Gasteiger partial charge in [0.05, 0.1) is 19.0 Å². The number of hydrogen-bond donors (Lipinski definition) is 1. The number of anilines is 2. The number of aromatic nitrogens is 1. The first kappa shape index (κ1) is 12.7. The van der Waals surface area contributed by atoms with Crippen LogP contribution in [0, 0.1) is 0 Å². The molecule has 2 rings (SSSR count). The molecule has 1 aliphatic rings. The molecule has 1 fully saturated rings. The lowest BCUT2D eigenvalue weighted by Gasteiger charge is -2.17. The summed E-state index contributed by atoms with van der Waals surface area (Å²) >= 11 is 0. The zero-order valence-corrected chi connectivity index (χ0v) is 10.8. The molecule has 5 nitrogen and oxygen atoms in total. The van der Waals surface area contributed by atoms with Crippen LogP contribution in [0.5, 0.6) is 0 Å². The smallest absolute Gasteiger partial charge is 0.327 e. The molecule has 0 spiro atoms.